The van der Waals surface area contributed by atoms with Gasteiger partial charge in [-0.25, -0.2) is 0 Å². The van der Waals surface area contributed by atoms with Crippen molar-refractivity contribution < 1.29 is 18.3 Å². The average molecular weight is 1240 g/mol. The highest BCUT2D eigenvalue weighted by atomic mass is 15.1. The molecule has 0 radical (unpaired) electrons. The monoisotopic (exact) mass is 1240 g/mol. The van der Waals surface area contributed by atoms with Crippen molar-refractivity contribution in [2.75, 3.05) is 0 Å². The fourth-order valence-corrected chi connectivity index (χ4v) is 16.2. The SMILES string of the molecule is C1=CC2=C(C1)c1cc3c(c4[n+]1C2CC4)CC=C3.C1=CC2=C(C1)c1ccc3c4[n+]1C2CCC4=CC3.C1=Cc2c[n+]3c(cc2C1)C1=C2C(=CC1)CCC23.C1=Cc2cc3[n+](cc2C1)C1CCC2=CCC3=C21.CC.CC.CC.CC.CC.CC.CC.CC.CC.CC.CC.CC. The lowest BCUT2D eigenvalue weighted by atomic mass is 9.94. The predicted molar refractivity (Wildman–Crippen MR) is 405 cm³/mol. The van der Waals surface area contributed by atoms with E-state index in [1.165, 1.54) is 115 Å². The number of nitrogens with zero attached hydrogens (tertiary/aromatic N) is 4. The first-order valence-electron chi connectivity index (χ1n) is 38.4. The van der Waals surface area contributed by atoms with E-state index in [1.54, 1.807) is 83.8 Å². The number of aromatic nitrogens is 4. The molecule has 4 aromatic rings. The van der Waals surface area contributed by atoms with Crippen LogP contribution in [0.1, 0.15) is 334 Å². The van der Waals surface area contributed by atoms with Gasteiger partial charge in [0.1, 0.15) is 0 Å². The van der Waals surface area contributed by atoms with Gasteiger partial charge in [-0.2, -0.15) is 18.3 Å². The molecule has 0 N–H and O–H groups in total. The Balaban J connectivity index is 0.000000201. The number of hydrogen-bond acceptors (Lipinski definition) is 0. The molecule has 10 aliphatic carbocycles. The van der Waals surface area contributed by atoms with E-state index in [1.807, 2.05) is 166 Å². The molecule has 4 nitrogen and oxygen atoms in total. The Morgan fingerprint density at radius 1 is 0.315 bits per heavy atom. The van der Waals surface area contributed by atoms with Crippen molar-refractivity contribution in [1.29, 1.82) is 0 Å². The molecule has 4 aromatic heterocycles. The van der Waals surface area contributed by atoms with E-state index in [0.29, 0.717) is 24.2 Å². The molecule has 92 heavy (non-hydrogen) atoms. The van der Waals surface area contributed by atoms with E-state index in [2.05, 4.69) is 140 Å². The van der Waals surface area contributed by atoms with Crippen LogP contribution in [0.4, 0.5) is 0 Å². The van der Waals surface area contributed by atoms with Crippen molar-refractivity contribution in [3.8, 4) is 0 Å². The smallest absolute Gasteiger partial charge is 0.191 e. The fourth-order valence-electron chi connectivity index (χ4n) is 16.2. The van der Waals surface area contributed by atoms with E-state index in [9.17, 15) is 0 Å². The minimum atomic E-state index is 0.643. The van der Waals surface area contributed by atoms with Crippen LogP contribution in [0.3, 0.4) is 0 Å². The Labute approximate surface area is 564 Å². The van der Waals surface area contributed by atoms with Crippen LogP contribution in [0.15, 0.2) is 137 Å². The molecule has 0 saturated heterocycles. The Morgan fingerprint density at radius 3 is 1.36 bits per heavy atom. The van der Waals surface area contributed by atoms with Crippen LogP contribution in [-0.4, -0.2) is 0 Å². The normalized spacial score (nSPS) is 20.2. The highest BCUT2D eigenvalue weighted by Gasteiger charge is 2.50. The first kappa shape index (κ1) is 76.2. The molecule has 0 aromatic carbocycles. The largest absolute Gasteiger partial charge is 0.212 e. The van der Waals surface area contributed by atoms with Crippen LogP contribution >= 0.6 is 0 Å². The van der Waals surface area contributed by atoms with Crippen LogP contribution in [0, 0.1) is 0 Å². The van der Waals surface area contributed by atoms with E-state index >= 15 is 0 Å². The Bertz CT molecular complexity index is 3580. The van der Waals surface area contributed by atoms with Gasteiger partial charge in [0, 0.05) is 129 Å². The summed E-state index contributed by atoms with van der Waals surface area (Å²) in [6.07, 6.45) is 54.8. The van der Waals surface area contributed by atoms with Crippen molar-refractivity contribution in [2.45, 2.75) is 293 Å². The molecule has 0 bridgehead atoms. The molecule has 0 spiro atoms. The van der Waals surface area contributed by atoms with Gasteiger partial charge in [-0.1, -0.05) is 245 Å². The highest BCUT2D eigenvalue weighted by Crippen LogP contribution is 2.53. The zero-order chi connectivity index (χ0) is 67.9. The summed E-state index contributed by atoms with van der Waals surface area (Å²) < 4.78 is 10.4. The lowest BCUT2D eigenvalue weighted by Crippen LogP contribution is -2.46. The number of allylic oxidation sites excluding steroid dienone is 21. The first-order chi connectivity index (χ1) is 45.7. The molecule has 496 valence electrons. The predicted octanol–water partition coefficient (Wildman–Crippen LogP) is 24.0. The van der Waals surface area contributed by atoms with E-state index in [4.69, 9.17) is 0 Å². The van der Waals surface area contributed by atoms with Crippen molar-refractivity contribution in [3.63, 3.8) is 0 Å². The molecule has 2 fully saturated rings. The third-order valence-electron chi connectivity index (χ3n) is 19.0. The van der Waals surface area contributed by atoms with Crippen molar-refractivity contribution >= 4 is 46.1 Å². The number of hydrogen-bond donors (Lipinski definition) is 0. The number of fused-ring (bicyclic) bond motifs is 14. The van der Waals surface area contributed by atoms with Gasteiger partial charge in [-0.15, -0.1) is 0 Å². The second kappa shape index (κ2) is 37.4. The van der Waals surface area contributed by atoms with Gasteiger partial charge in [0.2, 0.25) is 28.5 Å². The summed E-state index contributed by atoms with van der Waals surface area (Å²) in [7, 11) is 0. The van der Waals surface area contributed by atoms with Gasteiger partial charge in [0.25, 0.3) is 0 Å². The van der Waals surface area contributed by atoms with Crippen molar-refractivity contribution in [2.24, 2.45) is 0 Å². The highest BCUT2D eigenvalue weighted by molar-refractivity contribution is 5.81. The summed E-state index contributed by atoms with van der Waals surface area (Å²) in [5.41, 5.74) is 37.6. The Hall–Kier alpha value is -6.52. The molecule has 6 aliphatic heterocycles. The molecular formula is C88H128N4+4. The maximum absolute atomic E-state index is 2.64. The molecule has 4 heteroatoms. The fraction of sp³-hybridized carbons (Fsp3) is 0.500. The van der Waals surface area contributed by atoms with Crippen LogP contribution in [0.25, 0.3) is 46.1 Å². The van der Waals surface area contributed by atoms with E-state index in [0.717, 1.165) is 38.5 Å². The van der Waals surface area contributed by atoms with Gasteiger partial charge >= 0.3 is 0 Å². The molecule has 16 aliphatic rings. The topological polar surface area (TPSA) is 15.5 Å². The molecule has 10 heterocycles. The van der Waals surface area contributed by atoms with Gasteiger partial charge in [0.15, 0.2) is 42.3 Å². The molecule has 4 atom stereocenters. The van der Waals surface area contributed by atoms with Crippen LogP contribution < -0.4 is 18.3 Å². The van der Waals surface area contributed by atoms with Crippen molar-refractivity contribution in [1.82, 2.24) is 0 Å². The first-order valence-corrected chi connectivity index (χ1v) is 38.4. The maximum Gasteiger partial charge on any atom is 0.212 e. The molecule has 20 rings (SSSR count). The molecule has 0 amide bonds. The Kier molecular flexibility index (Phi) is 31.0. The van der Waals surface area contributed by atoms with Gasteiger partial charge in [0.05, 0.1) is 0 Å². The number of pyridine rings is 4. The lowest BCUT2D eigenvalue weighted by molar-refractivity contribution is -0.716. The van der Waals surface area contributed by atoms with Gasteiger partial charge in [-0.3, -0.25) is 0 Å². The molecule has 4 unspecified atom stereocenters. The van der Waals surface area contributed by atoms with E-state index in [-0.39, 0.29) is 0 Å². The average Bonchev–Trinajstić information content (AvgIpc) is 1.60. The third-order valence-corrected chi connectivity index (χ3v) is 19.0. The quantitative estimate of drug-likeness (QED) is 0.156. The van der Waals surface area contributed by atoms with Crippen LogP contribution in [0.5, 0.6) is 0 Å². The maximum atomic E-state index is 2.64. The summed E-state index contributed by atoms with van der Waals surface area (Å²) in [6, 6.07) is 14.6. The second-order valence-corrected chi connectivity index (χ2v) is 22.0. The zero-order valence-electron chi connectivity index (χ0n) is 63.0. The number of rotatable bonds is 0. The van der Waals surface area contributed by atoms with Crippen LogP contribution in [-0.2, 0) is 32.1 Å². The standard InChI is InChI=1S/4C16H14N.12C2H6/c1-3-10-9-16-13-6-2-5-12(13)15-8-7-14(17(15)16)11(10)4-1;2*1-2-11-8-15-13-6-4-10-5-7-14(16(10)13)17(15)9-12(11)3-1;1-2-12-13(3-1)15-9-7-11-5-4-10-6-8-14(12)17(15)16(10)11;12*1-2/h1-3,5,9,15H,4,6-8H2;1,3-4,8-9,14H,2,5-7H2;1-2,4,8-9,14H,3,5-7H2;1-2,4,7,9,14H,3,5-6,8H2;12*1-2H3/q4*+1;;;;;;;;;;;;. The van der Waals surface area contributed by atoms with Gasteiger partial charge in [-0.05, 0) is 105 Å². The minimum Gasteiger partial charge on any atom is -0.191 e. The summed E-state index contributed by atoms with van der Waals surface area (Å²) in [5, 5.41) is 0. The minimum absolute atomic E-state index is 0.643. The summed E-state index contributed by atoms with van der Waals surface area (Å²) in [6.45, 7) is 48.0. The summed E-state index contributed by atoms with van der Waals surface area (Å²) >= 11 is 0. The third kappa shape index (κ3) is 13.7. The molecule has 2 saturated carbocycles. The van der Waals surface area contributed by atoms with Crippen LogP contribution in [0.2, 0.25) is 0 Å². The zero-order valence-corrected chi connectivity index (χ0v) is 63.0. The van der Waals surface area contributed by atoms with Gasteiger partial charge < -0.3 is 0 Å². The summed E-state index contributed by atoms with van der Waals surface area (Å²) in [4.78, 5) is 0. The summed E-state index contributed by atoms with van der Waals surface area (Å²) in [5.74, 6) is 0. The molecular weight excluding hydrogens is 1110 g/mol. The second-order valence-electron chi connectivity index (χ2n) is 22.0. The van der Waals surface area contributed by atoms with Crippen molar-refractivity contribution in [3.05, 3.63) is 210 Å². The van der Waals surface area contributed by atoms with E-state index < -0.39 is 0 Å². The lowest BCUT2D eigenvalue weighted by Gasteiger charge is -2.19. The Morgan fingerprint density at radius 2 is 0.761 bits per heavy atom.